The molecule has 2 rings (SSSR count). The minimum Gasteiger partial charge on any atom is -0.396 e. The van der Waals surface area contributed by atoms with Crippen molar-refractivity contribution in [1.82, 2.24) is 5.32 Å². The molecule has 1 aliphatic carbocycles. The number of aryl methyl sites for hydroxylation is 1. The summed E-state index contributed by atoms with van der Waals surface area (Å²) in [4.78, 5) is 12.0. The third kappa shape index (κ3) is 3.70. The fraction of sp³-hybridized carbons (Fsp3) is 0.533. The van der Waals surface area contributed by atoms with Crippen LogP contribution in [0.15, 0.2) is 18.2 Å². The molecule has 1 fully saturated rings. The smallest absolute Gasteiger partial charge is 0.319 e. The molecule has 0 aromatic heterocycles. The second kappa shape index (κ2) is 6.70. The normalized spacial score (nSPS) is 22.4. The quantitative estimate of drug-likeness (QED) is 0.797. The Labute approximate surface area is 118 Å². The summed E-state index contributed by atoms with van der Waals surface area (Å²) in [6.07, 6.45) is 3.95. The summed E-state index contributed by atoms with van der Waals surface area (Å²) in [5.74, 6) is -0.264. The number of anilines is 1. The molecule has 5 heteroatoms. The van der Waals surface area contributed by atoms with Crippen LogP contribution < -0.4 is 10.6 Å². The molecule has 2 unspecified atom stereocenters. The van der Waals surface area contributed by atoms with Gasteiger partial charge in [0.1, 0.15) is 5.82 Å². The van der Waals surface area contributed by atoms with Gasteiger partial charge >= 0.3 is 6.03 Å². The average Bonchev–Trinajstić information content (AvgIpc) is 2.43. The zero-order valence-electron chi connectivity index (χ0n) is 11.7. The zero-order chi connectivity index (χ0) is 14.5. The number of urea groups is 1. The Balaban J connectivity index is 1.96. The number of aliphatic hydroxyl groups excluding tert-OH is 1. The highest BCUT2D eigenvalue weighted by atomic mass is 19.1. The monoisotopic (exact) mass is 280 g/mol. The largest absolute Gasteiger partial charge is 0.396 e. The molecule has 0 spiro atoms. The van der Waals surface area contributed by atoms with Crippen molar-refractivity contribution in [2.24, 2.45) is 5.92 Å². The van der Waals surface area contributed by atoms with Crippen LogP contribution in [-0.2, 0) is 0 Å². The summed E-state index contributed by atoms with van der Waals surface area (Å²) in [5.41, 5.74) is 1.28. The number of benzene rings is 1. The number of hydrogen-bond acceptors (Lipinski definition) is 2. The van der Waals surface area contributed by atoms with Gasteiger partial charge in [0.25, 0.3) is 0 Å². The van der Waals surface area contributed by atoms with E-state index in [9.17, 15) is 14.3 Å². The molecule has 0 saturated heterocycles. The number of halogens is 1. The highest BCUT2D eigenvalue weighted by molar-refractivity contribution is 5.90. The molecule has 2 amide bonds. The lowest BCUT2D eigenvalue weighted by Crippen LogP contribution is -2.45. The van der Waals surface area contributed by atoms with Crippen LogP contribution in [0.4, 0.5) is 14.9 Å². The molecule has 0 aliphatic heterocycles. The molecular weight excluding hydrogens is 259 g/mol. The van der Waals surface area contributed by atoms with Crippen LogP contribution in [-0.4, -0.2) is 23.8 Å². The van der Waals surface area contributed by atoms with Crippen LogP contribution in [0.1, 0.15) is 31.2 Å². The molecule has 4 nitrogen and oxygen atoms in total. The van der Waals surface area contributed by atoms with Gasteiger partial charge in [-0.3, -0.25) is 0 Å². The maximum Gasteiger partial charge on any atom is 0.319 e. The van der Waals surface area contributed by atoms with E-state index in [0.717, 1.165) is 31.2 Å². The van der Waals surface area contributed by atoms with E-state index in [1.54, 1.807) is 6.07 Å². The van der Waals surface area contributed by atoms with Gasteiger partial charge in [-0.05, 0) is 37.5 Å². The number of aliphatic hydroxyl groups is 1. The number of hydrogen-bond donors (Lipinski definition) is 3. The van der Waals surface area contributed by atoms with Crippen LogP contribution >= 0.6 is 0 Å². The van der Waals surface area contributed by atoms with Crippen LogP contribution in [0.2, 0.25) is 0 Å². The lowest BCUT2D eigenvalue weighted by Gasteiger charge is -2.30. The number of rotatable bonds is 3. The van der Waals surface area contributed by atoms with Crippen molar-refractivity contribution in [3.63, 3.8) is 0 Å². The van der Waals surface area contributed by atoms with E-state index in [-0.39, 0.29) is 30.4 Å². The molecule has 1 aliphatic rings. The molecular formula is C15H21FN2O2. The highest BCUT2D eigenvalue weighted by Gasteiger charge is 2.25. The minimum absolute atomic E-state index is 0.0115. The van der Waals surface area contributed by atoms with E-state index in [1.165, 1.54) is 12.1 Å². The predicted octanol–water partition coefficient (Wildman–Crippen LogP) is 2.81. The summed E-state index contributed by atoms with van der Waals surface area (Å²) in [7, 11) is 0. The van der Waals surface area contributed by atoms with Crippen LogP contribution in [0.25, 0.3) is 0 Å². The van der Waals surface area contributed by atoms with Crippen molar-refractivity contribution in [3.05, 3.63) is 29.6 Å². The van der Waals surface area contributed by atoms with Gasteiger partial charge in [-0.1, -0.05) is 18.9 Å². The van der Waals surface area contributed by atoms with Gasteiger partial charge in [-0.25, -0.2) is 9.18 Å². The summed E-state index contributed by atoms with van der Waals surface area (Å²) in [6.45, 7) is 1.90. The van der Waals surface area contributed by atoms with Gasteiger partial charge in [-0.15, -0.1) is 0 Å². The van der Waals surface area contributed by atoms with Crippen molar-refractivity contribution in [3.8, 4) is 0 Å². The van der Waals surface area contributed by atoms with E-state index in [1.807, 2.05) is 6.92 Å². The summed E-state index contributed by atoms with van der Waals surface area (Å²) in [6, 6.07) is 3.94. The first-order valence-electron chi connectivity index (χ1n) is 7.04. The first-order chi connectivity index (χ1) is 9.60. The molecule has 1 saturated carbocycles. The second-order valence-corrected chi connectivity index (χ2v) is 5.39. The number of carbonyl (C=O) groups is 1. The van der Waals surface area contributed by atoms with Crippen molar-refractivity contribution in [1.29, 1.82) is 0 Å². The van der Waals surface area contributed by atoms with Crippen molar-refractivity contribution in [2.75, 3.05) is 11.9 Å². The fourth-order valence-electron chi connectivity index (χ4n) is 2.67. The average molecular weight is 280 g/mol. The molecule has 0 heterocycles. The highest BCUT2D eigenvalue weighted by Crippen LogP contribution is 2.24. The number of amides is 2. The standard InChI is InChI=1S/C15H21FN2O2/c1-10-6-7-12(16)8-14(10)18-15(20)17-13-5-3-2-4-11(13)9-19/h6-8,11,13,19H,2-5,9H2,1H3,(H2,17,18,20). The van der Waals surface area contributed by atoms with Crippen LogP contribution in [0, 0.1) is 18.7 Å². The third-order valence-electron chi connectivity index (χ3n) is 3.91. The predicted molar refractivity (Wildman–Crippen MR) is 76.1 cm³/mol. The van der Waals surface area contributed by atoms with Crippen LogP contribution in [0.5, 0.6) is 0 Å². The SMILES string of the molecule is Cc1ccc(F)cc1NC(=O)NC1CCCCC1CO. The van der Waals surface area contributed by atoms with Gasteiger partial charge in [0.15, 0.2) is 0 Å². The topological polar surface area (TPSA) is 61.4 Å². The van der Waals surface area contributed by atoms with E-state index in [2.05, 4.69) is 10.6 Å². The van der Waals surface area contributed by atoms with Gasteiger partial charge in [0, 0.05) is 24.3 Å². The lowest BCUT2D eigenvalue weighted by atomic mass is 9.85. The Kier molecular flexibility index (Phi) is 4.95. The minimum atomic E-state index is -0.378. The zero-order valence-corrected chi connectivity index (χ0v) is 11.7. The van der Waals surface area contributed by atoms with Gasteiger partial charge < -0.3 is 15.7 Å². The molecule has 1 aromatic carbocycles. The number of carbonyl (C=O) groups excluding carboxylic acids is 1. The molecule has 20 heavy (non-hydrogen) atoms. The summed E-state index contributed by atoms with van der Waals surface area (Å²) in [5, 5.41) is 14.9. The molecule has 110 valence electrons. The molecule has 0 radical (unpaired) electrons. The molecule has 2 atom stereocenters. The Morgan fingerprint density at radius 1 is 1.40 bits per heavy atom. The summed E-state index contributed by atoms with van der Waals surface area (Å²) >= 11 is 0. The third-order valence-corrected chi connectivity index (χ3v) is 3.91. The molecule has 0 bridgehead atoms. The lowest BCUT2D eigenvalue weighted by molar-refractivity contribution is 0.156. The Hall–Kier alpha value is -1.62. The Morgan fingerprint density at radius 2 is 2.15 bits per heavy atom. The van der Waals surface area contributed by atoms with E-state index < -0.39 is 0 Å². The van der Waals surface area contributed by atoms with Crippen molar-refractivity contribution < 1.29 is 14.3 Å². The van der Waals surface area contributed by atoms with Crippen molar-refractivity contribution in [2.45, 2.75) is 38.6 Å². The fourth-order valence-corrected chi connectivity index (χ4v) is 2.67. The maximum absolute atomic E-state index is 13.2. The van der Waals surface area contributed by atoms with E-state index in [0.29, 0.717) is 5.69 Å². The molecule has 1 aromatic rings. The van der Waals surface area contributed by atoms with Gasteiger partial charge in [-0.2, -0.15) is 0 Å². The Bertz CT molecular complexity index is 479. The second-order valence-electron chi connectivity index (χ2n) is 5.39. The van der Waals surface area contributed by atoms with Crippen LogP contribution in [0.3, 0.4) is 0 Å². The summed E-state index contributed by atoms with van der Waals surface area (Å²) < 4.78 is 13.2. The first kappa shape index (κ1) is 14.8. The van der Waals surface area contributed by atoms with Gasteiger partial charge in [0.05, 0.1) is 0 Å². The first-order valence-corrected chi connectivity index (χ1v) is 7.04. The van der Waals surface area contributed by atoms with E-state index in [4.69, 9.17) is 0 Å². The van der Waals surface area contributed by atoms with E-state index >= 15 is 0 Å². The number of nitrogens with one attached hydrogen (secondary N) is 2. The van der Waals surface area contributed by atoms with Gasteiger partial charge in [0.2, 0.25) is 0 Å². The Morgan fingerprint density at radius 3 is 2.90 bits per heavy atom. The molecule has 3 N–H and O–H groups in total. The van der Waals surface area contributed by atoms with Crippen molar-refractivity contribution >= 4 is 11.7 Å². The maximum atomic E-state index is 13.2.